The number of anilines is 2. The number of allylic oxidation sites excluding steroid dienone is 2. The second-order valence-corrected chi connectivity index (χ2v) is 15.2. The molecule has 9 nitrogen and oxygen atoms in total. The van der Waals surface area contributed by atoms with Crippen LogP contribution in [0.3, 0.4) is 0 Å². The first-order valence-electron chi connectivity index (χ1n) is 18.5. The van der Waals surface area contributed by atoms with Crippen LogP contribution in [0, 0.1) is 0 Å². The molecule has 4 N–H and O–H groups in total. The van der Waals surface area contributed by atoms with E-state index in [9.17, 15) is 14.7 Å². The van der Waals surface area contributed by atoms with Gasteiger partial charge in [-0.15, -0.1) is 0 Å². The maximum Gasteiger partial charge on any atom is 0.317 e. The minimum absolute atomic E-state index is 0.00422. The number of aliphatic hydroxyl groups is 1. The van der Waals surface area contributed by atoms with Crippen LogP contribution in [0.5, 0.6) is 0 Å². The van der Waals surface area contributed by atoms with Gasteiger partial charge in [-0.25, -0.2) is 4.79 Å². The van der Waals surface area contributed by atoms with Crippen LogP contribution in [0.2, 0.25) is 10.0 Å². The first-order chi connectivity index (χ1) is 26.7. The highest BCUT2D eigenvalue weighted by Gasteiger charge is 2.39. The first-order valence-corrected chi connectivity index (χ1v) is 19.2. The number of H-pyrrole nitrogens is 1. The van der Waals surface area contributed by atoms with Gasteiger partial charge in [0.15, 0.2) is 0 Å². The Bertz CT molecular complexity index is 2360. The zero-order chi connectivity index (χ0) is 38.4. The fourth-order valence-electron chi connectivity index (χ4n) is 8.48. The minimum Gasteiger partial charge on any atom is -0.392 e. The largest absolute Gasteiger partial charge is 0.392 e. The molecule has 1 unspecified atom stereocenters. The molecule has 0 aliphatic carbocycles. The van der Waals surface area contributed by atoms with E-state index in [1.54, 1.807) is 6.20 Å². The topological polar surface area (TPSA) is 104 Å². The summed E-state index contributed by atoms with van der Waals surface area (Å²) in [6.45, 7) is 13.3. The van der Waals surface area contributed by atoms with Crippen LogP contribution >= 0.6 is 23.2 Å². The van der Waals surface area contributed by atoms with Crippen LogP contribution in [0.1, 0.15) is 64.1 Å². The first kappa shape index (κ1) is 36.5. The highest BCUT2D eigenvalue weighted by molar-refractivity contribution is 6.32. The Morgan fingerprint density at radius 2 is 1.73 bits per heavy atom. The molecule has 5 aromatic rings. The number of aromatic nitrogens is 1. The fourth-order valence-corrected chi connectivity index (χ4v) is 8.83. The zero-order valence-electron chi connectivity index (χ0n) is 30.5. The van der Waals surface area contributed by atoms with Gasteiger partial charge in [0.05, 0.1) is 29.7 Å². The van der Waals surface area contributed by atoms with Crippen LogP contribution in [0.4, 0.5) is 16.2 Å². The highest BCUT2D eigenvalue weighted by Crippen LogP contribution is 2.51. The number of hydrogen-bond donors (Lipinski definition) is 4. The van der Waals surface area contributed by atoms with Crippen molar-refractivity contribution in [3.05, 3.63) is 153 Å². The molecule has 0 saturated carbocycles. The van der Waals surface area contributed by atoms with E-state index in [4.69, 9.17) is 23.2 Å². The average Bonchev–Trinajstić information content (AvgIpc) is 3.80. The van der Waals surface area contributed by atoms with Crippen molar-refractivity contribution in [3.63, 3.8) is 0 Å². The Labute approximate surface area is 330 Å². The van der Waals surface area contributed by atoms with Crippen LogP contribution in [-0.4, -0.2) is 64.0 Å². The van der Waals surface area contributed by atoms with Gasteiger partial charge < -0.3 is 35.4 Å². The van der Waals surface area contributed by atoms with Gasteiger partial charge in [-0.05, 0) is 90.2 Å². The summed E-state index contributed by atoms with van der Waals surface area (Å²) in [5.41, 5.74) is 9.16. The Balaban J connectivity index is 1.28. The van der Waals surface area contributed by atoms with Gasteiger partial charge in [-0.3, -0.25) is 4.79 Å². The van der Waals surface area contributed by atoms with Crippen LogP contribution < -0.4 is 15.5 Å². The molecule has 2 saturated heterocycles. The monoisotopic (exact) mass is 772 g/mol. The lowest BCUT2D eigenvalue weighted by Crippen LogP contribution is -2.46. The molecule has 4 heterocycles. The molecular weight excluding hydrogens is 731 g/mol. The lowest BCUT2D eigenvalue weighted by atomic mass is 9.83. The quantitative estimate of drug-likeness (QED) is 0.120. The number of piperidine rings is 1. The molecule has 3 aliphatic heterocycles. The number of hydrogen-bond acceptors (Lipinski definition) is 5. The van der Waals surface area contributed by atoms with Crippen LogP contribution in [0.15, 0.2) is 110 Å². The molecule has 3 aliphatic rings. The SMILES string of the molecule is C=CN1C(=C(C(=C)C)c2ccccc2)c2c(C(=O)Nc3cc(CO)ccc3N3CCC(N4CCNC4=O)CC3)[nH]c3cc(Cl)cc(c23)C1c1ccc(Cl)cc1. The van der Waals surface area contributed by atoms with E-state index in [0.717, 1.165) is 57.4 Å². The van der Waals surface area contributed by atoms with Crippen molar-refractivity contribution in [2.75, 3.05) is 36.4 Å². The summed E-state index contributed by atoms with van der Waals surface area (Å²) < 4.78 is 0. The van der Waals surface area contributed by atoms with Crippen LogP contribution in [-0.2, 0) is 6.61 Å². The lowest BCUT2D eigenvalue weighted by Gasteiger charge is -2.39. The lowest BCUT2D eigenvalue weighted by molar-refractivity contribution is 0.102. The van der Waals surface area contributed by atoms with E-state index < -0.39 is 0 Å². The smallest absolute Gasteiger partial charge is 0.317 e. The summed E-state index contributed by atoms with van der Waals surface area (Å²) >= 11 is 13.2. The van der Waals surface area contributed by atoms with E-state index >= 15 is 0 Å². The third-order valence-electron chi connectivity index (χ3n) is 10.9. The molecule has 11 heteroatoms. The van der Waals surface area contributed by atoms with E-state index in [0.29, 0.717) is 64.2 Å². The maximum absolute atomic E-state index is 14.9. The van der Waals surface area contributed by atoms with Gasteiger partial charge in [-0.2, -0.15) is 0 Å². The molecular formula is C44H42Cl2N6O3. The number of carbonyl (C=O) groups is 2. The number of aliphatic hydroxyl groups excluding tert-OH is 1. The Morgan fingerprint density at radius 1 is 0.982 bits per heavy atom. The predicted octanol–water partition coefficient (Wildman–Crippen LogP) is 9.21. The average molecular weight is 774 g/mol. The van der Waals surface area contributed by atoms with Crippen molar-refractivity contribution in [1.29, 1.82) is 0 Å². The Morgan fingerprint density at radius 3 is 2.38 bits per heavy atom. The highest BCUT2D eigenvalue weighted by atomic mass is 35.5. The molecule has 0 spiro atoms. The molecule has 1 atom stereocenters. The van der Waals surface area contributed by atoms with Crippen molar-refractivity contribution >= 4 is 68.7 Å². The molecule has 55 heavy (non-hydrogen) atoms. The third-order valence-corrected chi connectivity index (χ3v) is 11.4. The van der Waals surface area contributed by atoms with Gasteiger partial charge in [-0.1, -0.05) is 84.9 Å². The molecule has 0 bridgehead atoms. The summed E-state index contributed by atoms with van der Waals surface area (Å²) in [4.78, 5) is 37.1. The molecule has 4 aromatic carbocycles. The molecule has 3 amide bonds. The van der Waals surface area contributed by atoms with Gasteiger partial charge in [0.2, 0.25) is 0 Å². The number of carbonyl (C=O) groups excluding carboxylic acids is 2. The van der Waals surface area contributed by atoms with Gasteiger partial charge in [0.25, 0.3) is 5.91 Å². The van der Waals surface area contributed by atoms with Gasteiger partial charge in [0, 0.05) is 64.3 Å². The van der Waals surface area contributed by atoms with Crippen LogP contribution in [0.25, 0.3) is 22.2 Å². The number of halogens is 2. The summed E-state index contributed by atoms with van der Waals surface area (Å²) in [5.74, 6) is -0.353. The number of urea groups is 1. The number of aromatic amines is 1. The molecule has 8 rings (SSSR count). The molecule has 2 fully saturated rings. The van der Waals surface area contributed by atoms with Crippen molar-refractivity contribution in [2.24, 2.45) is 0 Å². The molecule has 280 valence electrons. The summed E-state index contributed by atoms with van der Waals surface area (Å²) in [6, 6.07) is 27.1. The van der Waals surface area contributed by atoms with Gasteiger partial charge >= 0.3 is 6.03 Å². The summed E-state index contributed by atoms with van der Waals surface area (Å²) in [7, 11) is 0. The second-order valence-electron chi connectivity index (χ2n) is 14.3. The zero-order valence-corrected chi connectivity index (χ0v) is 32.1. The number of amides is 3. The van der Waals surface area contributed by atoms with Crippen molar-refractivity contribution in [2.45, 2.75) is 38.5 Å². The van der Waals surface area contributed by atoms with E-state index in [2.05, 4.69) is 38.6 Å². The third kappa shape index (κ3) is 6.66. The second kappa shape index (κ2) is 15.0. The van der Waals surface area contributed by atoms with Crippen molar-refractivity contribution < 1.29 is 14.7 Å². The minimum atomic E-state index is -0.356. The summed E-state index contributed by atoms with van der Waals surface area (Å²) in [6.07, 6.45) is 3.41. The fraction of sp³-hybridized carbons (Fsp3) is 0.227. The van der Waals surface area contributed by atoms with E-state index in [1.807, 2.05) is 96.8 Å². The van der Waals surface area contributed by atoms with Gasteiger partial charge in [0.1, 0.15) is 5.69 Å². The normalized spacial score (nSPS) is 18.1. The maximum atomic E-state index is 14.9. The number of benzene rings is 4. The van der Waals surface area contributed by atoms with E-state index in [-0.39, 0.29) is 30.6 Å². The molecule has 0 radical (unpaired) electrons. The predicted molar refractivity (Wildman–Crippen MR) is 222 cm³/mol. The molecule has 1 aromatic heterocycles. The number of rotatable bonds is 9. The standard InChI is InChI=1S/C44H42Cl2N6O3/c1-4-51-41(29-11-13-30(45)14-12-29)33-23-31(46)24-35-38(33)39(42(51)37(26(2)3)28-8-6-5-7-9-28)40(48-35)43(54)49-34-22-27(25-53)10-15-36(34)50-19-16-32(17-20-50)52-21-18-47-44(52)55/h4-15,22-24,32,41,48,53H,1-2,16-21,25H2,3H3,(H,47,55)(H,49,54). The van der Waals surface area contributed by atoms with E-state index in [1.165, 1.54) is 0 Å². The Hall–Kier alpha value is -5.48. The Kier molecular flexibility index (Phi) is 9.94. The number of nitrogens with zero attached hydrogens (tertiary/aromatic N) is 3. The van der Waals surface area contributed by atoms with Crippen molar-refractivity contribution in [1.82, 2.24) is 20.1 Å². The summed E-state index contributed by atoms with van der Waals surface area (Å²) in [5, 5.41) is 18.3. The van der Waals surface area contributed by atoms with Crippen molar-refractivity contribution in [3.8, 4) is 0 Å². The number of nitrogens with one attached hydrogen (secondary N) is 3.